The first-order valence-electron chi connectivity index (χ1n) is 6.17. The molecular formula is C14H12ClN3O2S. The zero-order chi connectivity index (χ0) is 15.0. The third-order valence-corrected chi connectivity index (χ3v) is 4.12. The standard InChI is InChI=1S/C14H12ClN3O2S/c1-8-6-18-7-11(17-14(18)21-8)13(19)16-9-3-4-12(20-2)10(15)5-9/h3-7H,1-2H3,(H,16,19). The average molecular weight is 322 g/mol. The number of carbonyl (C=O) groups is 1. The Labute approximate surface area is 130 Å². The third kappa shape index (κ3) is 2.72. The van der Waals surface area contributed by atoms with Gasteiger partial charge >= 0.3 is 0 Å². The van der Waals surface area contributed by atoms with E-state index in [0.717, 1.165) is 9.84 Å². The Morgan fingerprint density at radius 3 is 2.90 bits per heavy atom. The highest BCUT2D eigenvalue weighted by Gasteiger charge is 2.13. The maximum Gasteiger partial charge on any atom is 0.275 e. The summed E-state index contributed by atoms with van der Waals surface area (Å²) in [5, 5.41) is 3.21. The van der Waals surface area contributed by atoms with Crippen LogP contribution in [0.3, 0.4) is 0 Å². The number of thiazole rings is 1. The largest absolute Gasteiger partial charge is 0.495 e. The van der Waals surface area contributed by atoms with Crippen LogP contribution in [0.1, 0.15) is 15.4 Å². The maximum absolute atomic E-state index is 12.2. The van der Waals surface area contributed by atoms with Crippen molar-refractivity contribution in [1.82, 2.24) is 9.38 Å². The molecule has 3 aromatic rings. The number of carbonyl (C=O) groups excluding carboxylic acids is 1. The lowest BCUT2D eigenvalue weighted by atomic mass is 10.3. The van der Waals surface area contributed by atoms with Crippen molar-refractivity contribution in [1.29, 1.82) is 0 Å². The predicted octanol–water partition coefficient (Wildman–Crippen LogP) is 3.62. The van der Waals surface area contributed by atoms with E-state index in [9.17, 15) is 4.79 Å². The molecule has 0 unspecified atom stereocenters. The average Bonchev–Trinajstić information content (AvgIpc) is 2.96. The van der Waals surface area contributed by atoms with Gasteiger partial charge in [-0.2, -0.15) is 0 Å². The van der Waals surface area contributed by atoms with Gasteiger partial charge in [-0.25, -0.2) is 4.98 Å². The smallest absolute Gasteiger partial charge is 0.275 e. The van der Waals surface area contributed by atoms with Crippen molar-refractivity contribution in [2.75, 3.05) is 12.4 Å². The number of nitrogens with zero attached hydrogens (tertiary/aromatic N) is 2. The Morgan fingerprint density at radius 2 is 2.24 bits per heavy atom. The second kappa shape index (κ2) is 5.38. The molecule has 108 valence electrons. The molecule has 0 bridgehead atoms. The summed E-state index contributed by atoms with van der Waals surface area (Å²) in [4.78, 5) is 18.4. The summed E-state index contributed by atoms with van der Waals surface area (Å²) in [6.07, 6.45) is 3.65. The summed E-state index contributed by atoms with van der Waals surface area (Å²) in [5.41, 5.74) is 0.964. The van der Waals surface area contributed by atoms with Gasteiger partial charge in [0.25, 0.3) is 5.91 Å². The highest BCUT2D eigenvalue weighted by Crippen LogP contribution is 2.27. The molecule has 0 fully saturated rings. The molecule has 1 N–H and O–H groups in total. The van der Waals surface area contributed by atoms with E-state index in [4.69, 9.17) is 16.3 Å². The van der Waals surface area contributed by atoms with E-state index in [0.29, 0.717) is 22.2 Å². The molecule has 7 heteroatoms. The summed E-state index contributed by atoms with van der Waals surface area (Å²) >= 11 is 7.57. The number of benzene rings is 1. The number of aryl methyl sites for hydroxylation is 1. The summed E-state index contributed by atoms with van der Waals surface area (Å²) in [6.45, 7) is 2.00. The molecular weight excluding hydrogens is 310 g/mol. The Hall–Kier alpha value is -2.05. The van der Waals surface area contributed by atoms with Crippen LogP contribution in [0.5, 0.6) is 5.75 Å². The summed E-state index contributed by atoms with van der Waals surface area (Å²) in [7, 11) is 1.54. The normalized spacial score (nSPS) is 10.8. The first-order chi connectivity index (χ1) is 10.1. The molecule has 2 heterocycles. The number of hydrogen-bond acceptors (Lipinski definition) is 4. The Morgan fingerprint density at radius 1 is 1.43 bits per heavy atom. The molecule has 0 aliphatic heterocycles. The van der Waals surface area contributed by atoms with Gasteiger partial charge in [-0.05, 0) is 25.1 Å². The fourth-order valence-electron chi connectivity index (χ4n) is 1.96. The number of halogens is 1. The fraction of sp³-hybridized carbons (Fsp3) is 0.143. The summed E-state index contributed by atoms with van der Waals surface area (Å²) in [6, 6.07) is 5.07. The number of hydrogen-bond donors (Lipinski definition) is 1. The Bertz CT molecular complexity index is 793. The minimum atomic E-state index is -0.273. The molecule has 0 atom stereocenters. The molecule has 0 aliphatic rings. The molecule has 3 rings (SSSR count). The van der Waals surface area contributed by atoms with Crippen molar-refractivity contribution < 1.29 is 9.53 Å². The van der Waals surface area contributed by atoms with Crippen molar-refractivity contribution >= 4 is 39.5 Å². The lowest BCUT2D eigenvalue weighted by Crippen LogP contribution is -2.12. The molecule has 0 spiro atoms. The molecule has 1 amide bonds. The number of anilines is 1. The van der Waals surface area contributed by atoms with Crippen LogP contribution in [-0.4, -0.2) is 22.4 Å². The van der Waals surface area contributed by atoms with E-state index in [-0.39, 0.29) is 5.91 Å². The minimum Gasteiger partial charge on any atom is -0.495 e. The van der Waals surface area contributed by atoms with E-state index in [1.807, 2.05) is 17.5 Å². The van der Waals surface area contributed by atoms with Gasteiger partial charge in [0.1, 0.15) is 11.4 Å². The third-order valence-electron chi connectivity index (χ3n) is 2.91. The monoisotopic (exact) mass is 321 g/mol. The van der Waals surface area contributed by atoms with E-state index in [1.54, 1.807) is 31.5 Å². The number of amides is 1. The van der Waals surface area contributed by atoms with Crippen LogP contribution in [0.4, 0.5) is 5.69 Å². The second-order valence-corrected chi connectivity index (χ2v) is 6.08. The van der Waals surface area contributed by atoms with E-state index in [1.165, 1.54) is 11.3 Å². The number of rotatable bonds is 3. The van der Waals surface area contributed by atoms with Crippen molar-refractivity contribution in [3.8, 4) is 5.75 Å². The van der Waals surface area contributed by atoms with Crippen LogP contribution >= 0.6 is 22.9 Å². The van der Waals surface area contributed by atoms with Crippen LogP contribution in [0.25, 0.3) is 4.96 Å². The van der Waals surface area contributed by atoms with Crippen LogP contribution in [0.15, 0.2) is 30.6 Å². The van der Waals surface area contributed by atoms with Gasteiger partial charge < -0.3 is 10.1 Å². The number of imidazole rings is 1. The van der Waals surface area contributed by atoms with Crippen LogP contribution in [-0.2, 0) is 0 Å². The molecule has 2 aromatic heterocycles. The summed E-state index contributed by atoms with van der Waals surface area (Å²) in [5.74, 6) is 0.289. The minimum absolute atomic E-state index is 0.273. The fourth-order valence-corrected chi connectivity index (χ4v) is 3.03. The molecule has 0 saturated heterocycles. The van der Waals surface area contributed by atoms with Gasteiger partial charge in [-0.3, -0.25) is 9.20 Å². The van der Waals surface area contributed by atoms with Crippen LogP contribution in [0, 0.1) is 6.92 Å². The molecule has 0 aliphatic carbocycles. The predicted molar refractivity (Wildman–Crippen MR) is 83.8 cm³/mol. The van der Waals surface area contributed by atoms with Crippen LogP contribution < -0.4 is 10.1 Å². The number of methoxy groups -OCH3 is 1. The van der Waals surface area contributed by atoms with Gasteiger partial charge in [-0.15, -0.1) is 11.3 Å². The van der Waals surface area contributed by atoms with Crippen molar-refractivity contribution in [2.45, 2.75) is 6.92 Å². The molecule has 0 saturated carbocycles. The topological polar surface area (TPSA) is 55.6 Å². The van der Waals surface area contributed by atoms with Crippen molar-refractivity contribution in [3.05, 3.63) is 46.2 Å². The van der Waals surface area contributed by atoms with Crippen molar-refractivity contribution in [3.63, 3.8) is 0 Å². The zero-order valence-electron chi connectivity index (χ0n) is 11.4. The second-order valence-electron chi connectivity index (χ2n) is 4.46. The first-order valence-corrected chi connectivity index (χ1v) is 7.36. The lowest BCUT2D eigenvalue weighted by molar-refractivity contribution is 0.102. The number of ether oxygens (including phenoxy) is 1. The maximum atomic E-state index is 12.2. The molecule has 21 heavy (non-hydrogen) atoms. The number of fused-ring (bicyclic) bond motifs is 1. The first kappa shape index (κ1) is 13.9. The molecule has 5 nitrogen and oxygen atoms in total. The Balaban J connectivity index is 1.82. The number of aromatic nitrogens is 2. The SMILES string of the molecule is COc1ccc(NC(=O)c2cn3cc(C)sc3n2)cc1Cl. The van der Waals surface area contributed by atoms with Crippen molar-refractivity contribution in [2.24, 2.45) is 0 Å². The highest BCUT2D eigenvalue weighted by atomic mass is 35.5. The zero-order valence-corrected chi connectivity index (χ0v) is 13.0. The van der Waals surface area contributed by atoms with Crippen LogP contribution in [0.2, 0.25) is 5.02 Å². The molecule has 1 aromatic carbocycles. The van der Waals surface area contributed by atoms with Gasteiger partial charge in [0, 0.05) is 23.0 Å². The lowest BCUT2D eigenvalue weighted by Gasteiger charge is -2.06. The van der Waals surface area contributed by atoms with Gasteiger partial charge in [-0.1, -0.05) is 11.6 Å². The van der Waals surface area contributed by atoms with E-state index >= 15 is 0 Å². The number of nitrogens with one attached hydrogen (secondary N) is 1. The van der Waals surface area contributed by atoms with E-state index < -0.39 is 0 Å². The van der Waals surface area contributed by atoms with Gasteiger partial charge in [0.05, 0.1) is 12.1 Å². The van der Waals surface area contributed by atoms with E-state index in [2.05, 4.69) is 10.3 Å². The van der Waals surface area contributed by atoms with Gasteiger partial charge in [0.15, 0.2) is 4.96 Å². The summed E-state index contributed by atoms with van der Waals surface area (Å²) < 4.78 is 6.91. The molecule has 0 radical (unpaired) electrons. The quantitative estimate of drug-likeness (QED) is 0.801. The van der Waals surface area contributed by atoms with Gasteiger partial charge in [0.2, 0.25) is 0 Å². The Kier molecular flexibility index (Phi) is 3.57. The highest BCUT2D eigenvalue weighted by molar-refractivity contribution is 7.17.